The lowest BCUT2D eigenvalue weighted by Crippen LogP contribution is -2.31. The largest absolute Gasteiger partial charge is 0.483 e. The fraction of sp³-hybridized carbons (Fsp3) is 0.286. The number of hydrogen-bond acceptors (Lipinski definition) is 3. The second kappa shape index (κ2) is 6.56. The van der Waals surface area contributed by atoms with Gasteiger partial charge in [-0.2, -0.15) is 0 Å². The summed E-state index contributed by atoms with van der Waals surface area (Å²) in [5, 5.41) is 2.81. The summed E-state index contributed by atoms with van der Waals surface area (Å²) in [4.78, 5) is 18.9. The van der Waals surface area contributed by atoms with Gasteiger partial charge in [-0.15, -0.1) is 0 Å². The van der Waals surface area contributed by atoms with Crippen LogP contribution < -0.4 is 10.1 Å². The smallest absolute Gasteiger partial charge is 0.258 e. The van der Waals surface area contributed by atoms with Crippen molar-refractivity contribution in [3.63, 3.8) is 0 Å². The molecule has 0 bridgehead atoms. The number of aromatic amines is 1. The fourth-order valence-electron chi connectivity index (χ4n) is 1.73. The minimum Gasteiger partial charge on any atom is -0.483 e. The van der Waals surface area contributed by atoms with E-state index in [0.29, 0.717) is 5.75 Å². The number of ether oxygens (including phenoxy) is 1. The number of rotatable bonds is 5. The van der Waals surface area contributed by atoms with E-state index >= 15 is 0 Å². The molecule has 0 spiro atoms. The number of carbonyl (C=O) groups is 1. The van der Waals surface area contributed by atoms with Crippen LogP contribution in [0.1, 0.15) is 24.4 Å². The lowest BCUT2D eigenvalue weighted by molar-refractivity contribution is -0.123. The molecule has 0 radical (unpaired) electrons. The highest BCUT2D eigenvalue weighted by molar-refractivity contribution is 9.10. The third-order valence-corrected chi connectivity index (χ3v) is 3.37. The van der Waals surface area contributed by atoms with Crippen molar-refractivity contribution in [2.75, 3.05) is 6.61 Å². The molecule has 0 aliphatic rings. The van der Waals surface area contributed by atoms with Gasteiger partial charge in [-0.3, -0.25) is 4.79 Å². The summed E-state index contributed by atoms with van der Waals surface area (Å²) in [6.07, 6.45) is 3.37. The Balaban J connectivity index is 1.86. The Bertz CT molecular complexity index is 584. The molecule has 0 aliphatic carbocycles. The summed E-state index contributed by atoms with van der Waals surface area (Å²) in [7, 11) is 0. The second-order valence-electron chi connectivity index (χ2n) is 4.49. The number of halogens is 1. The van der Waals surface area contributed by atoms with E-state index in [9.17, 15) is 4.79 Å². The molecule has 0 fully saturated rings. The van der Waals surface area contributed by atoms with Crippen LogP contribution in [0.25, 0.3) is 0 Å². The molecule has 2 aromatic rings. The first-order valence-corrected chi connectivity index (χ1v) is 7.03. The minimum absolute atomic E-state index is 0.0350. The number of H-pyrrole nitrogens is 1. The Labute approximate surface area is 125 Å². The number of nitrogens with one attached hydrogen (secondary N) is 2. The number of amides is 1. The van der Waals surface area contributed by atoms with Gasteiger partial charge in [0, 0.05) is 12.4 Å². The number of hydrogen-bond donors (Lipinski definition) is 2. The van der Waals surface area contributed by atoms with E-state index in [1.165, 1.54) is 0 Å². The molecule has 1 unspecified atom stereocenters. The van der Waals surface area contributed by atoms with Gasteiger partial charge in [0.1, 0.15) is 11.6 Å². The molecule has 1 aromatic carbocycles. The molecule has 20 heavy (non-hydrogen) atoms. The molecular weight excluding hydrogens is 322 g/mol. The molecule has 6 heteroatoms. The van der Waals surface area contributed by atoms with Crippen LogP contribution in [0.3, 0.4) is 0 Å². The van der Waals surface area contributed by atoms with Crippen LogP contribution in [0.2, 0.25) is 0 Å². The van der Waals surface area contributed by atoms with Crippen LogP contribution >= 0.6 is 15.9 Å². The predicted octanol–water partition coefficient (Wildman–Crippen LogP) is 2.74. The fourth-order valence-corrected chi connectivity index (χ4v) is 2.34. The van der Waals surface area contributed by atoms with Crippen LogP contribution in [0.15, 0.2) is 35.1 Å². The predicted molar refractivity (Wildman–Crippen MR) is 79.5 cm³/mol. The van der Waals surface area contributed by atoms with Crippen molar-refractivity contribution in [3.8, 4) is 5.75 Å². The molecule has 1 atom stereocenters. The first-order chi connectivity index (χ1) is 9.56. The van der Waals surface area contributed by atoms with Gasteiger partial charge in [0.2, 0.25) is 0 Å². The monoisotopic (exact) mass is 337 g/mol. The molecular formula is C14H16BrN3O2. The zero-order chi connectivity index (χ0) is 14.5. The maximum absolute atomic E-state index is 11.8. The van der Waals surface area contributed by atoms with Gasteiger partial charge in [-0.05, 0) is 47.5 Å². The average Bonchev–Trinajstić information content (AvgIpc) is 2.91. The van der Waals surface area contributed by atoms with Gasteiger partial charge in [-0.25, -0.2) is 4.98 Å². The van der Waals surface area contributed by atoms with E-state index in [2.05, 4.69) is 31.2 Å². The molecule has 2 rings (SSSR count). The molecule has 0 saturated carbocycles. The Morgan fingerprint density at radius 1 is 1.55 bits per heavy atom. The van der Waals surface area contributed by atoms with Crippen LogP contribution in [0.5, 0.6) is 5.75 Å². The topological polar surface area (TPSA) is 67.0 Å². The summed E-state index contributed by atoms with van der Waals surface area (Å²) in [5.41, 5.74) is 1.13. The first-order valence-electron chi connectivity index (χ1n) is 6.24. The van der Waals surface area contributed by atoms with E-state index in [1.54, 1.807) is 12.4 Å². The second-order valence-corrected chi connectivity index (χ2v) is 5.34. The van der Waals surface area contributed by atoms with Crippen LogP contribution in [0, 0.1) is 6.92 Å². The SMILES string of the molecule is Cc1ccc(OCC(=O)NC(C)c2ncc[nH]2)c(Br)c1. The van der Waals surface area contributed by atoms with E-state index < -0.39 is 0 Å². The van der Waals surface area contributed by atoms with E-state index in [0.717, 1.165) is 15.9 Å². The Morgan fingerprint density at radius 2 is 2.35 bits per heavy atom. The van der Waals surface area contributed by atoms with Gasteiger partial charge in [0.05, 0.1) is 10.5 Å². The molecule has 2 N–H and O–H groups in total. The minimum atomic E-state index is -0.193. The number of nitrogens with zero attached hydrogens (tertiary/aromatic N) is 1. The highest BCUT2D eigenvalue weighted by Gasteiger charge is 2.12. The van der Waals surface area contributed by atoms with Crippen molar-refractivity contribution < 1.29 is 9.53 Å². The molecule has 5 nitrogen and oxygen atoms in total. The van der Waals surface area contributed by atoms with Gasteiger partial charge < -0.3 is 15.0 Å². The number of carbonyl (C=O) groups excluding carboxylic acids is 1. The lowest BCUT2D eigenvalue weighted by atomic mass is 10.2. The summed E-state index contributed by atoms with van der Waals surface area (Å²) >= 11 is 3.41. The van der Waals surface area contributed by atoms with Gasteiger partial charge >= 0.3 is 0 Å². The van der Waals surface area contributed by atoms with Crippen LogP contribution in [0.4, 0.5) is 0 Å². The van der Waals surface area contributed by atoms with Crippen molar-refractivity contribution in [3.05, 3.63) is 46.5 Å². The van der Waals surface area contributed by atoms with Crippen molar-refractivity contribution in [1.29, 1.82) is 0 Å². The number of imidazole rings is 1. The van der Waals surface area contributed by atoms with Gasteiger partial charge in [0.15, 0.2) is 6.61 Å². The van der Waals surface area contributed by atoms with Crippen LogP contribution in [-0.2, 0) is 4.79 Å². The molecule has 1 heterocycles. The van der Waals surface area contributed by atoms with Crippen LogP contribution in [-0.4, -0.2) is 22.5 Å². The van der Waals surface area contributed by atoms with Crippen molar-refractivity contribution in [2.45, 2.75) is 19.9 Å². The third-order valence-electron chi connectivity index (χ3n) is 2.75. The third kappa shape index (κ3) is 3.84. The average molecular weight is 338 g/mol. The molecule has 1 amide bonds. The summed E-state index contributed by atoms with van der Waals surface area (Å²) < 4.78 is 6.32. The van der Waals surface area contributed by atoms with E-state index in [4.69, 9.17) is 4.74 Å². The Hall–Kier alpha value is -1.82. The standard InChI is InChI=1S/C14H16BrN3O2/c1-9-3-4-12(11(15)7-9)20-8-13(19)18-10(2)14-16-5-6-17-14/h3-7,10H,8H2,1-2H3,(H,16,17)(H,18,19). The normalized spacial score (nSPS) is 11.9. The Kier molecular flexibility index (Phi) is 4.79. The quantitative estimate of drug-likeness (QED) is 0.881. The zero-order valence-corrected chi connectivity index (χ0v) is 12.9. The molecule has 0 aliphatic heterocycles. The number of aryl methyl sites for hydroxylation is 1. The van der Waals surface area contributed by atoms with Gasteiger partial charge in [0.25, 0.3) is 5.91 Å². The zero-order valence-electron chi connectivity index (χ0n) is 11.3. The van der Waals surface area contributed by atoms with Crippen molar-refractivity contribution in [2.24, 2.45) is 0 Å². The maximum Gasteiger partial charge on any atom is 0.258 e. The highest BCUT2D eigenvalue weighted by atomic mass is 79.9. The first kappa shape index (κ1) is 14.6. The van der Waals surface area contributed by atoms with E-state index in [1.807, 2.05) is 32.0 Å². The molecule has 0 saturated heterocycles. The summed E-state index contributed by atoms with van der Waals surface area (Å²) in [6.45, 7) is 3.82. The van der Waals surface area contributed by atoms with E-state index in [-0.39, 0.29) is 18.6 Å². The summed E-state index contributed by atoms with van der Waals surface area (Å²) in [5.74, 6) is 1.17. The lowest BCUT2D eigenvalue weighted by Gasteiger charge is -2.13. The molecule has 106 valence electrons. The number of benzene rings is 1. The summed E-state index contributed by atoms with van der Waals surface area (Å²) in [6, 6.07) is 5.53. The van der Waals surface area contributed by atoms with Gasteiger partial charge in [-0.1, -0.05) is 6.07 Å². The Morgan fingerprint density at radius 3 is 3.00 bits per heavy atom. The van der Waals surface area contributed by atoms with Crippen molar-refractivity contribution >= 4 is 21.8 Å². The molecule has 1 aromatic heterocycles. The maximum atomic E-state index is 11.8. The number of aromatic nitrogens is 2. The highest BCUT2D eigenvalue weighted by Crippen LogP contribution is 2.25. The van der Waals surface area contributed by atoms with Crippen molar-refractivity contribution in [1.82, 2.24) is 15.3 Å².